The summed E-state index contributed by atoms with van der Waals surface area (Å²) in [4.78, 5) is 0. The molecule has 2 aromatic carbocycles. The van der Waals surface area contributed by atoms with E-state index < -0.39 is 0 Å². The van der Waals surface area contributed by atoms with Crippen molar-refractivity contribution in [3.05, 3.63) is 47.8 Å². The first-order valence-corrected chi connectivity index (χ1v) is 7.68. The first kappa shape index (κ1) is 13.6. The Kier molecular flexibility index (Phi) is 4.02. The first-order valence-electron chi connectivity index (χ1n) is 7.68. The average Bonchev–Trinajstić information content (AvgIpc) is 2.49. The minimum atomic E-state index is -0.158. The molecule has 0 aromatic heterocycles. The lowest BCUT2D eigenvalue weighted by atomic mass is 9.83. The molecule has 1 saturated carbocycles. The summed E-state index contributed by atoms with van der Waals surface area (Å²) in [6.07, 6.45) is 7.66. The van der Waals surface area contributed by atoms with Gasteiger partial charge >= 0.3 is 0 Å². The summed E-state index contributed by atoms with van der Waals surface area (Å²) in [6.45, 7) is 0. The van der Waals surface area contributed by atoms with E-state index in [1.807, 2.05) is 30.3 Å². The van der Waals surface area contributed by atoms with Gasteiger partial charge in [0.1, 0.15) is 5.82 Å². The summed E-state index contributed by atoms with van der Waals surface area (Å²) in [5.41, 5.74) is 7.51. The topological polar surface area (TPSA) is 26.0 Å². The van der Waals surface area contributed by atoms with Crippen molar-refractivity contribution in [2.75, 3.05) is 0 Å². The molecule has 0 saturated heterocycles. The van der Waals surface area contributed by atoms with Crippen LogP contribution in [0.3, 0.4) is 0 Å². The van der Waals surface area contributed by atoms with Crippen molar-refractivity contribution in [1.29, 1.82) is 0 Å². The maximum absolute atomic E-state index is 13.8. The highest BCUT2D eigenvalue weighted by atomic mass is 19.1. The molecule has 1 atom stereocenters. The van der Waals surface area contributed by atoms with Crippen LogP contribution in [-0.4, -0.2) is 0 Å². The molecule has 3 rings (SSSR count). The number of fused-ring (bicyclic) bond motifs is 1. The predicted molar refractivity (Wildman–Crippen MR) is 82.0 cm³/mol. The Hall–Kier alpha value is -1.41. The van der Waals surface area contributed by atoms with Crippen LogP contribution in [0.15, 0.2) is 36.4 Å². The fourth-order valence-corrected chi connectivity index (χ4v) is 3.52. The predicted octanol–water partition coefficient (Wildman–Crippen LogP) is 4.95. The van der Waals surface area contributed by atoms with Gasteiger partial charge in [-0.15, -0.1) is 0 Å². The number of hydrogen-bond acceptors (Lipinski definition) is 1. The van der Waals surface area contributed by atoms with Gasteiger partial charge in [0, 0.05) is 11.4 Å². The molecule has 20 heavy (non-hydrogen) atoms. The van der Waals surface area contributed by atoms with E-state index in [1.165, 1.54) is 32.1 Å². The lowest BCUT2D eigenvalue weighted by Crippen LogP contribution is -2.17. The van der Waals surface area contributed by atoms with Gasteiger partial charge in [-0.2, -0.15) is 0 Å². The second-order valence-electron chi connectivity index (χ2n) is 6.03. The van der Waals surface area contributed by atoms with Crippen molar-refractivity contribution in [2.45, 2.75) is 44.6 Å². The zero-order valence-corrected chi connectivity index (χ0v) is 11.8. The molecule has 0 heterocycles. The van der Waals surface area contributed by atoms with Crippen molar-refractivity contribution in [3.8, 4) is 0 Å². The van der Waals surface area contributed by atoms with E-state index in [2.05, 4.69) is 0 Å². The van der Waals surface area contributed by atoms with Gasteiger partial charge in [-0.05, 0) is 29.4 Å². The van der Waals surface area contributed by atoms with Gasteiger partial charge < -0.3 is 5.73 Å². The maximum Gasteiger partial charge on any atom is 0.131 e. The molecule has 1 aliphatic rings. The molecule has 0 radical (unpaired) electrons. The standard InChI is InChI=1S/C18H22FN/c19-17-11-10-16(14-8-4-5-9-15(14)17)18(20)12-13-6-2-1-3-7-13/h4-5,8-11,13,18H,1-3,6-7,12,20H2. The molecular formula is C18H22FN. The minimum Gasteiger partial charge on any atom is -0.324 e. The lowest BCUT2D eigenvalue weighted by Gasteiger charge is -2.25. The van der Waals surface area contributed by atoms with Crippen LogP contribution in [0.2, 0.25) is 0 Å². The zero-order chi connectivity index (χ0) is 13.9. The van der Waals surface area contributed by atoms with Crippen LogP contribution < -0.4 is 5.73 Å². The summed E-state index contributed by atoms with van der Waals surface area (Å²) in [6, 6.07) is 11.1. The van der Waals surface area contributed by atoms with Gasteiger partial charge in [-0.1, -0.05) is 62.4 Å². The van der Waals surface area contributed by atoms with Crippen molar-refractivity contribution in [1.82, 2.24) is 0 Å². The molecule has 1 nitrogen and oxygen atoms in total. The van der Waals surface area contributed by atoms with E-state index in [9.17, 15) is 4.39 Å². The fraction of sp³-hybridized carbons (Fsp3) is 0.444. The van der Waals surface area contributed by atoms with Gasteiger partial charge in [0.2, 0.25) is 0 Å². The van der Waals surface area contributed by atoms with Gasteiger partial charge in [0.05, 0.1) is 0 Å². The highest BCUT2D eigenvalue weighted by molar-refractivity contribution is 5.86. The molecule has 2 aromatic rings. The monoisotopic (exact) mass is 271 g/mol. The first-order chi connectivity index (χ1) is 9.75. The maximum atomic E-state index is 13.8. The Balaban J connectivity index is 1.87. The largest absolute Gasteiger partial charge is 0.324 e. The van der Waals surface area contributed by atoms with E-state index in [4.69, 9.17) is 5.73 Å². The Morgan fingerprint density at radius 1 is 1.00 bits per heavy atom. The molecule has 0 spiro atoms. The minimum absolute atomic E-state index is 0.0172. The normalized spacial score (nSPS) is 18.3. The van der Waals surface area contributed by atoms with Crippen LogP contribution in [-0.2, 0) is 0 Å². The quantitative estimate of drug-likeness (QED) is 0.840. The SMILES string of the molecule is NC(CC1CCCCC1)c1ccc(F)c2ccccc12. The van der Waals surface area contributed by atoms with Crippen LogP contribution in [0.5, 0.6) is 0 Å². The Morgan fingerprint density at radius 3 is 2.45 bits per heavy atom. The fourth-order valence-electron chi connectivity index (χ4n) is 3.52. The molecule has 0 aliphatic heterocycles. The second-order valence-corrected chi connectivity index (χ2v) is 6.03. The van der Waals surface area contributed by atoms with E-state index in [-0.39, 0.29) is 11.9 Å². The third-order valence-electron chi connectivity index (χ3n) is 4.62. The van der Waals surface area contributed by atoms with Crippen LogP contribution in [0.4, 0.5) is 4.39 Å². The summed E-state index contributed by atoms with van der Waals surface area (Å²) in [5, 5.41) is 1.65. The van der Waals surface area contributed by atoms with Gasteiger partial charge in [0.15, 0.2) is 0 Å². The average molecular weight is 271 g/mol. The van der Waals surface area contributed by atoms with Gasteiger partial charge in [-0.3, -0.25) is 0 Å². The van der Waals surface area contributed by atoms with Crippen LogP contribution >= 0.6 is 0 Å². The molecule has 2 N–H and O–H groups in total. The molecule has 1 unspecified atom stereocenters. The van der Waals surface area contributed by atoms with Crippen molar-refractivity contribution in [2.24, 2.45) is 11.7 Å². The molecule has 1 fully saturated rings. The van der Waals surface area contributed by atoms with E-state index >= 15 is 0 Å². The molecular weight excluding hydrogens is 249 g/mol. The molecule has 2 heteroatoms. The number of benzene rings is 2. The Labute approximate surface area is 120 Å². The van der Waals surface area contributed by atoms with E-state index in [0.29, 0.717) is 5.39 Å². The van der Waals surface area contributed by atoms with Gasteiger partial charge in [-0.25, -0.2) is 4.39 Å². The second kappa shape index (κ2) is 5.92. The summed E-state index contributed by atoms with van der Waals surface area (Å²) in [7, 11) is 0. The summed E-state index contributed by atoms with van der Waals surface area (Å²) in [5.74, 6) is 0.580. The van der Waals surface area contributed by atoms with Crippen LogP contribution in [0, 0.1) is 11.7 Å². The molecule has 0 bridgehead atoms. The molecule has 106 valence electrons. The highest BCUT2D eigenvalue weighted by Crippen LogP contribution is 2.33. The van der Waals surface area contributed by atoms with Crippen molar-refractivity contribution < 1.29 is 4.39 Å². The molecule has 0 amide bonds. The Morgan fingerprint density at radius 2 is 1.70 bits per heavy atom. The van der Waals surface area contributed by atoms with E-state index in [1.54, 1.807) is 6.07 Å². The third-order valence-corrected chi connectivity index (χ3v) is 4.62. The third kappa shape index (κ3) is 2.71. The van der Waals surface area contributed by atoms with Crippen molar-refractivity contribution >= 4 is 10.8 Å². The highest BCUT2D eigenvalue weighted by Gasteiger charge is 2.19. The smallest absolute Gasteiger partial charge is 0.131 e. The number of hydrogen-bond donors (Lipinski definition) is 1. The van der Waals surface area contributed by atoms with Gasteiger partial charge in [0.25, 0.3) is 0 Å². The van der Waals surface area contributed by atoms with E-state index in [0.717, 1.165) is 23.3 Å². The number of nitrogens with two attached hydrogens (primary N) is 1. The number of rotatable bonds is 3. The lowest BCUT2D eigenvalue weighted by molar-refractivity contribution is 0.319. The van der Waals surface area contributed by atoms with Crippen LogP contribution in [0.1, 0.15) is 50.1 Å². The van der Waals surface area contributed by atoms with Crippen LogP contribution in [0.25, 0.3) is 10.8 Å². The molecule has 1 aliphatic carbocycles. The summed E-state index contributed by atoms with van der Waals surface area (Å²) >= 11 is 0. The summed E-state index contributed by atoms with van der Waals surface area (Å²) < 4.78 is 13.8. The zero-order valence-electron chi connectivity index (χ0n) is 11.8. The number of halogens is 1. The Bertz CT molecular complexity index is 587. The van der Waals surface area contributed by atoms with Crippen molar-refractivity contribution in [3.63, 3.8) is 0 Å².